The van der Waals surface area contributed by atoms with Crippen molar-refractivity contribution in [3.63, 3.8) is 0 Å². The minimum Gasteiger partial charge on any atom is -0.313 e. The van der Waals surface area contributed by atoms with E-state index in [-0.39, 0.29) is 5.41 Å². The Kier molecular flexibility index (Phi) is 4.11. The van der Waals surface area contributed by atoms with Crippen LogP contribution in [-0.4, -0.2) is 7.05 Å². The third kappa shape index (κ3) is 3.35. The Balaban J connectivity index is 2.17. The largest absolute Gasteiger partial charge is 0.313 e. The van der Waals surface area contributed by atoms with Crippen molar-refractivity contribution in [3.8, 4) is 0 Å². The average Bonchev–Trinajstić information content (AvgIpc) is 3.13. The van der Waals surface area contributed by atoms with Crippen molar-refractivity contribution in [1.82, 2.24) is 5.32 Å². The van der Waals surface area contributed by atoms with Gasteiger partial charge in [-0.3, -0.25) is 0 Å². The smallest absolute Gasteiger partial charge is 0.0320 e. The van der Waals surface area contributed by atoms with Gasteiger partial charge in [0.15, 0.2) is 0 Å². The molecule has 0 spiro atoms. The molecular formula is C17H27N. The van der Waals surface area contributed by atoms with Crippen molar-refractivity contribution in [2.75, 3.05) is 7.05 Å². The molecule has 1 nitrogen and oxygen atoms in total. The molecule has 1 atom stereocenters. The molecule has 1 aromatic rings. The summed E-state index contributed by atoms with van der Waals surface area (Å²) in [5.41, 5.74) is 3.21. The fraction of sp³-hybridized carbons (Fsp3) is 0.647. The van der Waals surface area contributed by atoms with Gasteiger partial charge in [0, 0.05) is 6.04 Å². The summed E-state index contributed by atoms with van der Waals surface area (Å²) in [6.07, 6.45) is 5.56. The summed E-state index contributed by atoms with van der Waals surface area (Å²) in [6, 6.07) is 9.44. The van der Waals surface area contributed by atoms with Gasteiger partial charge in [-0.2, -0.15) is 0 Å². The van der Waals surface area contributed by atoms with Gasteiger partial charge < -0.3 is 5.32 Å². The van der Waals surface area contributed by atoms with Crippen molar-refractivity contribution in [3.05, 3.63) is 35.4 Å². The summed E-state index contributed by atoms with van der Waals surface area (Å²) >= 11 is 0. The van der Waals surface area contributed by atoms with E-state index in [1.165, 1.54) is 36.8 Å². The van der Waals surface area contributed by atoms with E-state index >= 15 is 0 Å². The molecule has 0 heterocycles. The van der Waals surface area contributed by atoms with E-state index in [4.69, 9.17) is 0 Å². The molecule has 1 heteroatoms. The summed E-state index contributed by atoms with van der Waals surface area (Å²) in [6.45, 7) is 6.92. The van der Waals surface area contributed by atoms with Gasteiger partial charge in [-0.05, 0) is 42.3 Å². The van der Waals surface area contributed by atoms with Gasteiger partial charge in [0.2, 0.25) is 0 Å². The summed E-state index contributed by atoms with van der Waals surface area (Å²) < 4.78 is 0. The zero-order valence-electron chi connectivity index (χ0n) is 12.3. The molecule has 1 unspecified atom stereocenters. The monoisotopic (exact) mass is 245 g/mol. The number of benzene rings is 1. The maximum atomic E-state index is 3.51. The SMILES string of the molecule is CNC(CCC1CC1)c1ccccc1C(C)(C)C. The molecule has 2 rings (SSSR count). The standard InChI is InChI=1S/C17H27N/c1-17(2,3)15-8-6-5-7-14(15)16(18-4)12-11-13-9-10-13/h5-8,13,16,18H,9-12H2,1-4H3. The Morgan fingerprint density at radius 1 is 1.22 bits per heavy atom. The van der Waals surface area contributed by atoms with Gasteiger partial charge in [-0.25, -0.2) is 0 Å². The lowest BCUT2D eigenvalue weighted by atomic mass is 9.81. The molecule has 1 aliphatic carbocycles. The van der Waals surface area contributed by atoms with Crippen molar-refractivity contribution in [2.24, 2.45) is 5.92 Å². The van der Waals surface area contributed by atoms with Crippen molar-refractivity contribution in [1.29, 1.82) is 0 Å². The first-order chi connectivity index (χ1) is 8.52. The predicted molar refractivity (Wildman–Crippen MR) is 78.9 cm³/mol. The van der Waals surface area contributed by atoms with Gasteiger partial charge in [0.25, 0.3) is 0 Å². The van der Waals surface area contributed by atoms with E-state index in [0.29, 0.717) is 6.04 Å². The molecule has 1 saturated carbocycles. The Morgan fingerprint density at radius 2 is 1.89 bits per heavy atom. The fourth-order valence-electron chi connectivity index (χ4n) is 2.75. The molecule has 1 fully saturated rings. The Hall–Kier alpha value is -0.820. The van der Waals surface area contributed by atoms with Crippen molar-refractivity contribution < 1.29 is 0 Å². The van der Waals surface area contributed by atoms with Gasteiger partial charge in [-0.1, -0.05) is 57.9 Å². The van der Waals surface area contributed by atoms with Crippen LogP contribution >= 0.6 is 0 Å². The zero-order valence-corrected chi connectivity index (χ0v) is 12.3. The van der Waals surface area contributed by atoms with Crippen molar-refractivity contribution in [2.45, 2.75) is 57.9 Å². The third-order valence-corrected chi connectivity index (χ3v) is 4.05. The molecule has 0 aliphatic heterocycles. The second-order valence-corrected chi connectivity index (χ2v) is 6.70. The Labute approximate surface area is 112 Å². The summed E-state index contributed by atoms with van der Waals surface area (Å²) in [4.78, 5) is 0. The van der Waals surface area contributed by atoms with Gasteiger partial charge in [-0.15, -0.1) is 0 Å². The van der Waals surface area contributed by atoms with E-state index in [2.05, 4.69) is 57.4 Å². The summed E-state index contributed by atoms with van der Waals surface area (Å²) in [5.74, 6) is 1.02. The summed E-state index contributed by atoms with van der Waals surface area (Å²) in [5, 5.41) is 3.51. The second-order valence-electron chi connectivity index (χ2n) is 6.70. The molecule has 0 bridgehead atoms. The van der Waals surface area contributed by atoms with Crippen LogP contribution in [0.3, 0.4) is 0 Å². The zero-order chi connectivity index (χ0) is 13.2. The Morgan fingerprint density at radius 3 is 2.44 bits per heavy atom. The predicted octanol–water partition coefficient (Wildman–Crippen LogP) is 4.43. The molecular weight excluding hydrogens is 218 g/mol. The number of hydrogen-bond acceptors (Lipinski definition) is 1. The van der Waals surface area contributed by atoms with E-state index in [1.807, 2.05) is 0 Å². The van der Waals surface area contributed by atoms with Crippen LogP contribution in [0.4, 0.5) is 0 Å². The maximum Gasteiger partial charge on any atom is 0.0320 e. The van der Waals surface area contributed by atoms with Crippen LogP contribution in [0.25, 0.3) is 0 Å². The Bertz CT molecular complexity index is 385. The topological polar surface area (TPSA) is 12.0 Å². The maximum absolute atomic E-state index is 3.51. The first-order valence-electron chi connectivity index (χ1n) is 7.29. The van der Waals surface area contributed by atoms with Crippen LogP contribution in [-0.2, 0) is 5.41 Å². The second kappa shape index (κ2) is 5.44. The number of rotatable bonds is 5. The highest BCUT2D eigenvalue weighted by Crippen LogP contribution is 2.37. The summed E-state index contributed by atoms with van der Waals surface area (Å²) in [7, 11) is 2.09. The highest BCUT2D eigenvalue weighted by Gasteiger charge is 2.25. The molecule has 0 aromatic heterocycles. The molecule has 1 N–H and O–H groups in total. The van der Waals surface area contributed by atoms with Crippen LogP contribution in [0.1, 0.15) is 63.6 Å². The lowest BCUT2D eigenvalue weighted by Crippen LogP contribution is -2.22. The molecule has 1 aromatic carbocycles. The highest BCUT2D eigenvalue weighted by molar-refractivity contribution is 5.35. The van der Waals surface area contributed by atoms with Crippen LogP contribution in [0, 0.1) is 5.92 Å². The number of hydrogen-bond donors (Lipinski definition) is 1. The lowest BCUT2D eigenvalue weighted by molar-refractivity contribution is 0.488. The first kappa shape index (κ1) is 13.6. The van der Waals surface area contributed by atoms with E-state index in [9.17, 15) is 0 Å². The fourth-order valence-corrected chi connectivity index (χ4v) is 2.75. The highest BCUT2D eigenvalue weighted by atomic mass is 14.9. The lowest BCUT2D eigenvalue weighted by Gasteiger charge is -2.27. The van der Waals surface area contributed by atoms with E-state index in [0.717, 1.165) is 5.92 Å². The van der Waals surface area contributed by atoms with E-state index in [1.54, 1.807) is 0 Å². The van der Waals surface area contributed by atoms with Gasteiger partial charge in [0.05, 0.1) is 0 Å². The van der Waals surface area contributed by atoms with Crippen molar-refractivity contribution >= 4 is 0 Å². The number of nitrogens with one attached hydrogen (secondary N) is 1. The van der Waals surface area contributed by atoms with Crippen LogP contribution < -0.4 is 5.32 Å². The molecule has 18 heavy (non-hydrogen) atoms. The quantitative estimate of drug-likeness (QED) is 0.809. The molecule has 100 valence electrons. The molecule has 0 radical (unpaired) electrons. The minimum absolute atomic E-state index is 0.227. The van der Waals surface area contributed by atoms with Crippen LogP contribution in [0.2, 0.25) is 0 Å². The third-order valence-electron chi connectivity index (χ3n) is 4.05. The van der Waals surface area contributed by atoms with Crippen LogP contribution in [0.5, 0.6) is 0 Å². The van der Waals surface area contributed by atoms with E-state index < -0.39 is 0 Å². The average molecular weight is 245 g/mol. The molecule has 0 amide bonds. The van der Waals surface area contributed by atoms with Gasteiger partial charge in [0.1, 0.15) is 0 Å². The normalized spacial score (nSPS) is 17.8. The molecule has 1 aliphatic rings. The first-order valence-corrected chi connectivity index (χ1v) is 7.29. The van der Waals surface area contributed by atoms with Gasteiger partial charge >= 0.3 is 0 Å². The van der Waals surface area contributed by atoms with Crippen LogP contribution in [0.15, 0.2) is 24.3 Å². The molecule has 0 saturated heterocycles. The minimum atomic E-state index is 0.227.